The van der Waals surface area contributed by atoms with Gasteiger partial charge in [0.25, 0.3) is 0 Å². The highest BCUT2D eigenvalue weighted by molar-refractivity contribution is 6.33. The lowest BCUT2D eigenvalue weighted by molar-refractivity contribution is 0.0697. The zero-order valence-corrected chi connectivity index (χ0v) is 16.4. The van der Waals surface area contributed by atoms with Gasteiger partial charge in [0.05, 0.1) is 17.7 Å². The fraction of sp³-hybridized carbons (Fsp3) is 0.136. The van der Waals surface area contributed by atoms with Crippen molar-refractivity contribution in [2.45, 2.75) is 13.2 Å². The highest BCUT2D eigenvalue weighted by atomic mass is 35.5. The van der Waals surface area contributed by atoms with Crippen molar-refractivity contribution in [1.29, 1.82) is 0 Å². The molecule has 0 aliphatic carbocycles. The van der Waals surface area contributed by atoms with E-state index < -0.39 is 5.97 Å². The first-order valence-corrected chi connectivity index (χ1v) is 9.15. The third-order valence-corrected chi connectivity index (χ3v) is 4.56. The summed E-state index contributed by atoms with van der Waals surface area (Å²) >= 11 is 5.89. The molecular weight excluding hydrogens is 397 g/mol. The standard InChI is InChI=1S/C22H19ClFNO4/c1-28-21-10-15(12-25-17-7-8-19(23)18(11-17)22(26)27)4-9-20(21)29-13-14-2-5-16(24)6-3-14/h2-11,25H,12-13H2,1H3,(H,26,27). The summed E-state index contributed by atoms with van der Waals surface area (Å²) in [7, 11) is 1.55. The van der Waals surface area contributed by atoms with Gasteiger partial charge in [0.2, 0.25) is 0 Å². The Morgan fingerprint density at radius 2 is 1.76 bits per heavy atom. The molecule has 0 radical (unpaired) electrons. The Morgan fingerprint density at radius 3 is 2.45 bits per heavy atom. The van der Waals surface area contributed by atoms with Crippen LogP contribution in [-0.2, 0) is 13.2 Å². The molecule has 3 aromatic carbocycles. The molecule has 2 N–H and O–H groups in total. The van der Waals surface area contributed by atoms with Crippen molar-refractivity contribution in [3.8, 4) is 11.5 Å². The minimum Gasteiger partial charge on any atom is -0.493 e. The summed E-state index contributed by atoms with van der Waals surface area (Å²) in [6, 6.07) is 16.4. The third-order valence-electron chi connectivity index (χ3n) is 4.23. The van der Waals surface area contributed by atoms with Crippen LogP contribution in [0.5, 0.6) is 11.5 Å². The Bertz CT molecular complexity index is 1010. The Hall–Kier alpha value is -3.25. The molecule has 0 saturated heterocycles. The number of rotatable bonds is 8. The van der Waals surface area contributed by atoms with Crippen LogP contribution in [0.3, 0.4) is 0 Å². The van der Waals surface area contributed by atoms with E-state index in [1.165, 1.54) is 18.2 Å². The molecule has 0 unspecified atom stereocenters. The maximum Gasteiger partial charge on any atom is 0.337 e. The highest BCUT2D eigenvalue weighted by Crippen LogP contribution is 2.29. The minimum absolute atomic E-state index is 0.0405. The monoisotopic (exact) mass is 415 g/mol. The molecular formula is C22H19ClFNO4. The fourth-order valence-electron chi connectivity index (χ4n) is 2.69. The van der Waals surface area contributed by atoms with E-state index in [0.29, 0.717) is 23.7 Å². The molecule has 0 heterocycles. The van der Waals surface area contributed by atoms with E-state index in [9.17, 15) is 9.18 Å². The molecule has 7 heteroatoms. The number of hydrogen-bond acceptors (Lipinski definition) is 4. The number of hydrogen-bond donors (Lipinski definition) is 2. The lowest BCUT2D eigenvalue weighted by Gasteiger charge is -2.13. The number of carbonyl (C=O) groups is 1. The van der Waals surface area contributed by atoms with Crippen molar-refractivity contribution in [1.82, 2.24) is 0 Å². The largest absolute Gasteiger partial charge is 0.493 e. The average Bonchev–Trinajstić information content (AvgIpc) is 2.72. The van der Waals surface area contributed by atoms with Crippen molar-refractivity contribution in [2.24, 2.45) is 0 Å². The van der Waals surface area contributed by atoms with Crippen LogP contribution in [0.1, 0.15) is 21.5 Å². The lowest BCUT2D eigenvalue weighted by Crippen LogP contribution is -2.04. The van der Waals surface area contributed by atoms with Gasteiger partial charge in [-0.2, -0.15) is 0 Å². The number of carboxylic acid groups (broad SMARTS) is 1. The van der Waals surface area contributed by atoms with Gasteiger partial charge in [-0.1, -0.05) is 29.8 Å². The van der Waals surface area contributed by atoms with Crippen molar-refractivity contribution in [3.63, 3.8) is 0 Å². The maximum atomic E-state index is 13.0. The highest BCUT2D eigenvalue weighted by Gasteiger charge is 2.10. The Morgan fingerprint density at radius 1 is 1.03 bits per heavy atom. The quantitative estimate of drug-likeness (QED) is 0.517. The molecule has 0 amide bonds. The summed E-state index contributed by atoms with van der Waals surface area (Å²) in [5.74, 6) is -0.240. The normalized spacial score (nSPS) is 10.4. The maximum absolute atomic E-state index is 13.0. The molecule has 0 aliphatic rings. The van der Waals surface area contributed by atoms with Gasteiger partial charge in [0.15, 0.2) is 11.5 Å². The van der Waals surface area contributed by atoms with Gasteiger partial charge in [-0.15, -0.1) is 0 Å². The van der Waals surface area contributed by atoms with Gasteiger partial charge in [-0.3, -0.25) is 0 Å². The summed E-state index contributed by atoms with van der Waals surface area (Å²) in [5, 5.41) is 12.5. The lowest BCUT2D eigenvalue weighted by atomic mass is 10.1. The van der Waals surface area contributed by atoms with Crippen LogP contribution < -0.4 is 14.8 Å². The second kappa shape index (κ2) is 9.30. The number of methoxy groups -OCH3 is 1. The Balaban J connectivity index is 1.66. The average molecular weight is 416 g/mol. The molecule has 0 fully saturated rings. The van der Waals surface area contributed by atoms with Gasteiger partial charge < -0.3 is 19.9 Å². The van der Waals surface area contributed by atoms with Crippen molar-refractivity contribution in [2.75, 3.05) is 12.4 Å². The molecule has 29 heavy (non-hydrogen) atoms. The molecule has 0 aliphatic heterocycles. The van der Waals surface area contributed by atoms with Crippen molar-refractivity contribution in [3.05, 3.63) is 88.2 Å². The molecule has 0 aromatic heterocycles. The fourth-order valence-corrected chi connectivity index (χ4v) is 2.88. The molecule has 3 rings (SSSR count). The van der Waals surface area contributed by atoms with Crippen LogP contribution in [0.25, 0.3) is 0 Å². The zero-order chi connectivity index (χ0) is 20.8. The van der Waals surface area contributed by atoms with Crippen LogP contribution in [0.2, 0.25) is 5.02 Å². The van der Waals surface area contributed by atoms with Crippen LogP contribution in [0.4, 0.5) is 10.1 Å². The van der Waals surface area contributed by atoms with E-state index in [2.05, 4.69) is 5.32 Å². The van der Waals surface area contributed by atoms with Crippen LogP contribution >= 0.6 is 11.6 Å². The van der Waals surface area contributed by atoms with Crippen LogP contribution in [-0.4, -0.2) is 18.2 Å². The summed E-state index contributed by atoms with van der Waals surface area (Å²) in [4.78, 5) is 11.2. The molecule has 150 valence electrons. The van der Waals surface area contributed by atoms with Crippen LogP contribution in [0, 0.1) is 5.82 Å². The number of halogens is 2. The topological polar surface area (TPSA) is 67.8 Å². The Kier molecular flexibility index (Phi) is 6.57. The molecule has 3 aromatic rings. The summed E-state index contributed by atoms with van der Waals surface area (Å²) in [6.45, 7) is 0.742. The van der Waals surface area contributed by atoms with E-state index in [4.69, 9.17) is 26.2 Å². The number of carboxylic acids is 1. The van der Waals surface area contributed by atoms with E-state index in [0.717, 1.165) is 11.1 Å². The van der Waals surface area contributed by atoms with E-state index >= 15 is 0 Å². The second-order valence-corrected chi connectivity index (χ2v) is 6.66. The molecule has 5 nitrogen and oxygen atoms in total. The molecule has 0 spiro atoms. The third kappa shape index (κ3) is 5.39. The number of anilines is 1. The van der Waals surface area contributed by atoms with Crippen molar-refractivity contribution < 1.29 is 23.8 Å². The first kappa shape index (κ1) is 20.5. The summed E-state index contributed by atoms with van der Waals surface area (Å²) in [5.41, 5.74) is 2.44. The van der Waals surface area contributed by atoms with E-state index in [1.807, 2.05) is 12.1 Å². The van der Waals surface area contributed by atoms with E-state index in [-0.39, 0.29) is 23.0 Å². The first-order valence-electron chi connectivity index (χ1n) is 8.77. The first-order chi connectivity index (χ1) is 14.0. The van der Waals surface area contributed by atoms with Crippen LogP contribution in [0.15, 0.2) is 60.7 Å². The van der Waals surface area contributed by atoms with Gasteiger partial charge in [0, 0.05) is 12.2 Å². The van der Waals surface area contributed by atoms with Gasteiger partial charge >= 0.3 is 5.97 Å². The van der Waals surface area contributed by atoms with Crippen molar-refractivity contribution >= 4 is 23.3 Å². The van der Waals surface area contributed by atoms with Gasteiger partial charge in [-0.05, 0) is 53.6 Å². The predicted octanol–water partition coefficient (Wildman–Crippen LogP) is 5.38. The predicted molar refractivity (Wildman–Crippen MR) is 109 cm³/mol. The SMILES string of the molecule is COc1cc(CNc2ccc(Cl)c(C(=O)O)c2)ccc1OCc1ccc(F)cc1. The summed E-state index contributed by atoms with van der Waals surface area (Å²) < 4.78 is 24.2. The van der Waals surface area contributed by atoms with Gasteiger partial charge in [-0.25, -0.2) is 9.18 Å². The number of ether oxygens (including phenoxy) is 2. The van der Waals surface area contributed by atoms with E-state index in [1.54, 1.807) is 37.4 Å². The van der Waals surface area contributed by atoms with Gasteiger partial charge in [0.1, 0.15) is 12.4 Å². The molecule has 0 atom stereocenters. The number of nitrogens with one attached hydrogen (secondary N) is 1. The number of aromatic carboxylic acids is 1. The second-order valence-electron chi connectivity index (χ2n) is 6.25. The Labute approximate surface area is 172 Å². The molecule has 0 saturated carbocycles. The minimum atomic E-state index is -1.08. The zero-order valence-electron chi connectivity index (χ0n) is 15.6. The molecule has 0 bridgehead atoms. The summed E-state index contributed by atoms with van der Waals surface area (Å²) in [6.07, 6.45) is 0. The smallest absolute Gasteiger partial charge is 0.337 e. The number of benzene rings is 3.